The second kappa shape index (κ2) is 6.84. The van der Waals surface area contributed by atoms with Crippen molar-refractivity contribution < 1.29 is 4.74 Å². The van der Waals surface area contributed by atoms with Crippen LogP contribution < -0.4 is 0 Å². The molecule has 0 aliphatic rings. The van der Waals surface area contributed by atoms with E-state index in [-0.39, 0.29) is 0 Å². The van der Waals surface area contributed by atoms with Gasteiger partial charge in [0.15, 0.2) is 5.16 Å². The Bertz CT molecular complexity index is 252. The monoisotopic (exact) mass is 215 g/mol. The van der Waals surface area contributed by atoms with Gasteiger partial charge in [-0.25, -0.2) is 0 Å². The maximum absolute atomic E-state index is 5.01. The molecule has 0 N–H and O–H groups in total. The van der Waals surface area contributed by atoms with E-state index >= 15 is 0 Å². The fraction of sp³-hybridized carbons (Fsp3) is 0.778. The summed E-state index contributed by atoms with van der Waals surface area (Å²) in [5.41, 5.74) is 0. The average Bonchev–Trinajstić information content (AvgIpc) is 2.63. The Hall–Kier alpha value is -0.550. The molecule has 1 heterocycles. The lowest BCUT2D eigenvalue weighted by Crippen LogP contribution is -2.04. The van der Waals surface area contributed by atoms with E-state index in [1.54, 1.807) is 25.2 Å². The number of thioether (sulfide) groups is 1. The van der Waals surface area contributed by atoms with Gasteiger partial charge in [0.1, 0.15) is 6.33 Å². The Labute approximate surface area is 89.0 Å². The lowest BCUT2D eigenvalue weighted by atomic mass is 10.4. The SMILES string of the molecule is CCCCSc1nncn1CCOC. The number of aromatic nitrogens is 3. The fourth-order valence-corrected chi connectivity index (χ4v) is 2.03. The minimum Gasteiger partial charge on any atom is -0.383 e. The topological polar surface area (TPSA) is 39.9 Å². The van der Waals surface area contributed by atoms with Crippen LogP contribution in [0, 0.1) is 0 Å². The highest BCUT2D eigenvalue weighted by molar-refractivity contribution is 7.99. The van der Waals surface area contributed by atoms with E-state index in [0.717, 1.165) is 17.5 Å². The van der Waals surface area contributed by atoms with Crippen LogP contribution in [0.1, 0.15) is 19.8 Å². The van der Waals surface area contributed by atoms with Gasteiger partial charge in [0.05, 0.1) is 6.61 Å². The van der Waals surface area contributed by atoms with Crippen LogP contribution in [0.3, 0.4) is 0 Å². The molecule has 5 heteroatoms. The zero-order chi connectivity index (χ0) is 10.2. The van der Waals surface area contributed by atoms with Crippen molar-refractivity contribution in [1.29, 1.82) is 0 Å². The molecular weight excluding hydrogens is 198 g/mol. The maximum Gasteiger partial charge on any atom is 0.191 e. The molecule has 0 aliphatic carbocycles. The van der Waals surface area contributed by atoms with E-state index in [9.17, 15) is 0 Å². The summed E-state index contributed by atoms with van der Waals surface area (Å²) in [7, 11) is 1.70. The van der Waals surface area contributed by atoms with Gasteiger partial charge >= 0.3 is 0 Å². The van der Waals surface area contributed by atoms with Crippen LogP contribution in [0.5, 0.6) is 0 Å². The zero-order valence-electron chi connectivity index (χ0n) is 8.77. The summed E-state index contributed by atoms with van der Waals surface area (Å²) in [4.78, 5) is 0. The Balaban J connectivity index is 2.37. The first-order chi connectivity index (χ1) is 6.88. The summed E-state index contributed by atoms with van der Waals surface area (Å²) >= 11 is 1.76. The smallest absolute Gasteiger partial charge is 0.191 e. The van der Waals surface area contributed by atoms with Crippen LogP contribution in [-0.2, 0) is 11.3 Å². The second-order valence-electron chi connectivity index (χ2n) is 3.00. The lowest BCUT2D eigenvalue weighted by molar-refractivity contribution is 0.184. The van der Waals surface area contributed by atoms with Crippen molar-refractivity contribution in [2.24, 2.45) is 0 Å². The number of hydrogen-bond acceptors (Lipinski definition) is 4. The van der Waals surface area contributed by atoms with Crippen molar-refractivity contribution in [3.8, 4) is 0 Å². The lowest BCUT2D eigenvalue weighted by Gasteiger charge is -2.04. The third-order valence-corrected chi connectivity index (χ3v) is 2.91. The van der Waals surface area contributed by atoms with Crippen LogP contribution >= 0.6 is 11.8 Å². The molecule has 80 valence electrons. The quantitative estimate of drug-likeness (QED) is 0.514. The first-order valence-corrected chi connectivity index (χ1v) is 5.86. The fourth-order valence-electron chi connectivity index (χ4n) is 1.01. The molecule has 0 fully saturated rings. The minimum atomic E-state index is 0.708. The molecule has 0 bridgehead atoms. The van der Waals surface area contributed by atoms with Crippen LogP contribution in [0.4, 0.5) is 0 Å². The second-order valence-corrected chi connectivity index (χ2v) is 4.06. The Morgan fingerprint density at radius 1 is 1.57 bits per heavy atom. The van der Waals surface area contributed by atoms with Crippen molar-refractivity contribution in [1.82, 2.24) is 14.8 Å². The zero-order valence-corrected chi connectivity index (χ0v) is 9.59. The van der Waals surface area contributed by atoms with E-state index in [4.69, 9.17) is 4.74 Å². The van der Waals surface area contributed by atoms with Crippen LogP contribution in [0.15, 0.2) is 11.5 Å². The normalized spacial score (nSPS) is 10.7. The van der Waals surface area contributed by atoms with E-state index in [2.05, 4.69) is 17.1 Å². The predicted molar refractivity (Wildman–Crippen MR) is 57.5 cm³/mol. The summed E-state index contributed by atoms with van der Waals surface area (Å²) < 4.78 is 7.04. The first-order valence-electron chi connectivity index (χ1n) is 4.88. The van der Waals surface area contributed by atoms with Gasteiger partial charge in [0, 0.05) is 19.4 Å². The number of nitrogens with zero attached hydrogens (tertiary/aromatic N) is 3. The Morgan fingerprint density at radius 2 is 2.43 bits per heavy atom. The molecule has 0 amide bonds. The average molecular weight is 215 g/mol. The summed E-state index contributed by atoms with van der Waals surface area (Å²) in [6, 6.07) is 0. The molecule has 1 aromatic rings. The first kappa shape index (κ1) is 11.5. The van der Waals surface area contributed by atoms with Crippen molar-refractivity contribution in [2.45, 2.75) is 31.5 Å². The third-order valence-electron chi connectivity index (χ3n) is 1.85. The molecular formula is C9H17N3OS. The van der Waals surface area contributed by atoms with Gasteiger partial charge in [-0.05, 0) is 6.42 Å². The molecule has 0 radical (unpaired) electrons. The molecule has 0 aromatic carbocycles. The predicted octanol–water partition coefficient (Wildman–Crippen LogP) is 1.82. The van der Waals surface area contributed by atoms with E-state index in [0.29, 0.717) is 6.61 Å². The highest BCUT2D eigenvalue weighted by atomic mass is 32.2. The highest BCUT2D eigenvalue weighted by Crippen LogP contribution is 2.15. The van der Waals surface area contributed by atoms with Gasteiger partial charge in [-0.3, -0.25) is 0 Å². The largest absolute Gasteiger partial charge is 0.383 e. The molecule has 14 heavy (non-hydrogen) atoms. The van der Waals surface area contributed by atoms with Gasteiger partial charge < -0.3 is 9.30 Å². The molecule has 1 aromatic heterocycles. The van der Waals surface area contributed by atoms with E-state index < -0.39 is 0 Å². The van der Waals surface area contributed by atoms with Gasteiger partial charge in [0.25, 0.3) is 0 Å². The van der Waals surface area contributed by atoms with Crippen LogP contribution in [-0.4, -0.2) is 34.2 Å². The molecule has 0 spiro atoms. The summed E-state index contributed by atoms with van der Waals surface area (Å²) in [5, 5.41) is 8.95. The number of ether oxygens (including phenoxy) is 1. The van der Waals surface area contributed by atoms with E-state index in [1.165, 1.54) is 12.8 Å². The molecule has 0 saturated carbocycles. The Morgan fingerprint density at radius 3 is 3.14 bits per heavy atom. The third kappa shape index (κ3) is 3.67. The molecule has 0 aliphatic heterocycles. The molecule has 0 unspecified atom stereocenters. The van der Waals surface area contributed by atoms with Crippen molar-refractivity contribution in [3.63, 3.8) is 0 Å². The van der Waals surface area contributed by atoms with Crippen LogP contribution in [0.2, 0.25) is 0 Å². The molecule has 0 saturated heterocycles. The van der Waals surface area contributed by atoms with Crippen LogP contribution in [0.25, 0.3) is 0 Å². The van der Waals surface area contributed by atoms with E-state index in [1.807, 2.05) is 4.57 Å². The maximum atomic E-state index is 5.01. The number of methoxy groups -OCH3 is 1. The minimum absolute atomic E-state index is 0.708. The number of hydrogen-bond donors (Lipinski definition) is 0. The van der Waals surface area contributed by atoms with Gasteiger partial charge in [-0.15, -0.1) is 10.2 Å². The van der Waals surface area contributed by atoms with Gasteiger partial charge in [-0.2, -0.15) is 0 Å². The van der Waals surface area contributed by atoms with Crippen molar-refractivity contribution in [2.75, 3.05) is 19.5 Å². The summed E-state index contributed by atoms with van der Waals surface area (Å²) in [5.74, 6) is 1.11. The molecule has 4 nitrogen and oxygen atoms in total. The highest BCUT2D eigenvalue weighted by Gasteiger charge is 2.03. The van der Waals surface area contributed by atoms with Crippen molar-refractivity contribution >= 4 is 11.8 Å². The standard InChI is InChI=1S/C9H17N3OS/c1-3-4-7-14-9-11-10-8-12(9)5-6-13-2/h8H,3-7H2,1-2H3. The summed E-state index contributed by atoms with van der Waals surface area (Å²) in [6.07, 6.45) is 4.20. The van der Waals surface area contributed by atoms with Gasteiger partial charge in [0.2, 0.25) is 0 Å². The molecule has 0 atom stereocenters. The van der Waals surface area contributed by atoms with Gasteiger partial charge in [-0.1, -0.05) is 25.1 Å². The van der Waals surface area contributed by atoms with Crippen molar-refractivity contribution in [3.05, 3.63) is 6.33 Å². The number of unbranched alkanes of at least 4 members (excludes halogenated alkanes) is 1. The molecule has 1 rings (SSSR count). The number of rotatable bonds is 7. The Kier molecular flexibility index (Phi) is 5.63. The summed E-state index contributed by atoms with van der Waals surface area (Å²) in [6.45, 7) is 3.73.